The molecular formula is C22H22IrNO2-. The van der Waals surface area contributed by atoms with Gasteiger partial charge in [0.15, 0.2) is 5.78 Å². The molecule has 0 aliphatic heterocycles. The Labute approximate surface area is 168 Å². The third-order valence-corrected chi connectivity index (χ3v) is 3.58. The van der Waals surface area contributed by atoms with E-state index < -0.39 is 0 Å². The zero-order valence-electron chi connectivity index (χ0n) is 15.3. The molecule has 0 amide bonds. The SMILES string of the molecule is CC(=O)/C=C(/C)O.Cc1c[c-]c(-c2cc(C)c3ccccc3n2)cc1.[Ir]. The van der Waals surface area contributed by atoms with Crippen LogP contribution in [-0.4, -0.2) is 15.9 Å². The molecule has 0 bridgehead atoms. The fourth-order valence-corrected chi connectivity index (χ4v) is 2.44. The van der Waals surface area contributed by atoms with E-state index in [1.54, 1.807) is 0 Å². The van der Waals surface area contributed by atoms with Crippen LogP contribution >= 0.6 is 0 Å². The van der Waals surface area contributed by atoms with Crippen molar-refractivity contribution in [3.05, 3.63) is 77.6 Å². The van der Waals surface area contributed by atoms with E-state index >= 15 is 0 Å². The smallest absolute Gasteiger partial charge is 0.155 e. The Kier molecular flexibility index (Phi) is 8.37. The predicted molar refractivity (Wildman–Crippen MR) is 103 cm³/mol. The number of ketones is 1. The van der Waals surface area contributed by atoms with E-state index in [4.69, 9.17) is 10.1 Å². The van der Waals surface area contributed by atoms with Crippen molar-refractivity contribution in [3.63, 3.8) is 0 Å². The monoisotopic (exact) mass is 525 g/mol. The van der Waals surface area contributed by atoms with Gasteiger partial charge in [-0.15, -0.1) is 35.4 Å². The summed E-state index contributed by atoms with van der Waals surface area (Å²) in [5.74, 6) is -0.0625. The minimum atomic E-state index is -0.125. The molecule has 137 valence electrons. The van der Waals surface area contributed by atoms with Gasteiger partial charge in [-0.25, -0.2) is 0 Å². The van der Waals surface area contributed by atoms with Crippen LogP contribution in [0.5, 0.6) is 0 Å². The Bertz CT molecular complexity index is 911. The van der Waals surface area contributed by atoms with Crippen LogP contribution in [-0.2, 0) is 24.9 Å². The summed E-state index contributed by atoms with van der Waals surface area (Å²) >= 11 is 0. The van der Waals surface area contributed by atoms with Gasteiger partial charge >= 0.3 is 0 Å². The quantitative estimate of drug-likeness (QED) is 0.279. The maximum Gasteiger partial charge on any atom is 0.155 e. The molecule has 0 fully saturated rings. The summed E-state index contributed by atoms with van der Waals surface area (Å²) in [5, 5.41) is 9.58. The largest absolute Gasteiger partial charge is 0.512 e. The minimum absolute atomic E-state index is 0. The van der Waals surface area contributed by atoms with Crippen LogP contribution in [0.25, 0.3) is 22.2 Å². The van der Waals surface area contributed by atoms with Crippen molar-refractivity contribution in [1.82, 2.24) is 4.98 Å². The molecule has 0 saturated heterocycles. The average Bonchev–Trinajstić information content (AvgIpc) is 2.55. The fraction of sp³-hybridized carbons (Fsp3) is 0.182. The maximum absolute atomic E-state index is 10.0. The number of aromatic nitrogens is 1. The molecule has 0 aliphatic rings. The summed E-state index contributed by atoms with van der Waals surface area (Å²) in [6, 6.07) is 19.8. The number of fused-ring (bicyclic) bond motifs is 1. The number of aliphatic hydroxyl groups excluding tert-OH is 1. The van der Waals surface area contributed by atoms with Crippen LogP contribution in [0.15, 0.2) is 60.4 Å². The van der Waals surface area contributed by atoms with Gasteiger partial charge in [0.1, 0.15) is 0 Å². The molecule has 3 rings (SSSR count). The molecule has 4 heteroatoms. The number of carbonyl (C=O) groups excluding carboxylic acids is 1. The molecule has 1 radical (unpaired) electrons. The number of aryl methyl sites for hydroxylation is 2. The first-order chi connectivity index (χ1) is 11.9. The number of aliphatic hydroxyl groups is 1. The molecule has 2 aromatic carbocycles. The van der Waals surface area contributed by atoms with Crippen molar-refractivity contribution in [2.75, 3.05) is 0 Å². The zero-order valence-corrected chi connectivity index (χ0v) is 17.7. The molecule has 0 unspecified atom stereocenters. The topological polar surface area (TPSA) is 50.2 Å². The predicted octanol–water partition coefficient (Wildman–Crippen LogP) is 5.35. The summed E-state index contributed by atoms with van der Waals surface area (Å²) in [6.07, 6.45) is 1.17. The Morgan fingerprint density at radius 1 is 1.12 bits per heavy atom. The molecule has 3 aromatic rings. The second-order valence-corrected chi connectivity index (χ2v) is 6.02. The van der Waals surface area contributed by atoms with Crippen molar-refractivity contribution in [2.24, 2.45) is 0 Å². The number of benzene rings is 2. The van der Waals surface area contributed by atoms with Crippen LogP contribution < -0.4 is 0 Å². The normalized spacial score (nSPS) is 10.5. The minimum Gasteiger partial charge on any atom is -0.512 e. The Hall–Kier alpha value is -2.29. The summed E-state index contributed by atoms with van der Waals surface area (Å²) < 4.78 is 0. The van der Waals surface area contributed by atoms with Crippen LogP contribution in [0.3, 0.4) is 0 Å². The van der Waals surface area contributed by atoms with E-state index in [2.05, 4.69) is 56.3 Å². The Morgan fingerprint density at radius 2 is 1.81 bits per heavy atom. The van der Waals surface area contributed by atoms with Gasteiger partial charge in [-0.2, -0.15) is 0 Å². The molecular weight excluding hydrogens is 502 g/mol. The van der Waals surface area contributed by atoms with E-state index in [1.807, 2.05) is 12.1 Å². The molecule has 0 aliphatic carbocycles. The summed E-state index contributed by atoms with van der Waals surface area (Å²) in [4.78, 5) is 14.7. The summed E-state index contributed by atoms with van der Waals surface area (Å²) in [7, 11) is 0. The van der Waals surface area contributed by atoms with Gasteiger partial charge in [0.25, 0.3) is 0 Å². The van der Waals surface area contributed by atoms with Gasteiger partial charge in [0, 0.05) is 31.6 Å². The van der Waals surface area contributed by atoms with Crippen LogP contribution in [0.1, 0.15) is 25.0 Å². The van der Waals surface area contributed by atoms with Gasteiger partial charge in [-0.05, 0) is 38.1 Å². The Balaban J connectivity index is 0.000000366. The first-order valence-corrected chi connectivity index (χ1v) is 8.10. The summed E-state index contributed by atoms with van der Waals surface area (Å²) in [5.41, 5.74) is 5.56. The molecule has 1 heterocycles. The first kappa shape index (κ1) is 21.8. The van der Waals surface area contributed by atoms with Crippen molar-refractivity contribution >= 4 is 16.7 Å². The van der Waals surface area contributed by atoms with Crippen molar-refractivity contribution in [3.8, 4) is 11.3 Å². The molecule has 0 spiro atoms. The third-order valence-electron chi connectivity index (χ3n) is 3.58. The maximum atomic E-state index is 10.0. The van der Waals surface area contributed by atoms with E-state index in [0.717, 1.165) is 16.8 Å². The van der Waals surface area contributed by atoms with Gasteiger partial charge in [0.2, 0.25) is 0 Å². The number of rotatable bonds is 2. The van der Waals surface area contributed by atoms with E-state index in [-0.39, 0.29) is 31.6 Å². The molecule has 0 saturated carbocycles. The number of carbonyl (C=O) groups is 1. The van der Waals surface area contributed by atoms with Crippen LogP contribution in [0, 0.1) is 19.9 Å². The number of allylic oxidation sites excluding steroid dienone is 2. The number of pyridine rings is 1. The fourth-order valence-electron chi connectivity index (χ4n) is 2.44. The van der Waals surface area contributed by atoms with Crippen molar-refractivity contribution in [2.45, 2.75) is 27.7 Å². The zero-order chi connectivity index (χ0) is 18.4. The second-order valence-electron chi connectivity index (χ2n) is 6.02. The van der Waals surface area contributed by atoms with Crippen molar-refractivity contribution < 1.29 is 30.0 Å². The van der Waals surface area contributed by atoms with Gasteiger partial charge in [0.05, 0.1) is 11.3 Å². The number of para-hydroxylation sites is 1. The number of hydrogen-bond donors (Lipinski definition) is 1. The third kappa shape index (κ3) is 6.21. The van der Waals surface area contributed by atoms with E-state index in [1.165, 1.54) is 36.4 Å². The number of nitrogens with zero attached hydrogens (tertiary/aromatic N) is 1. The van der Waals surface area contributed by atoms with Crippen molar-refractivity contribution in [1.29, 1.82) is 0 Å². The molecule has 0 atom stereocenters. The van der Waals surface area contributed by atoms with Crippen LogP contribution in [0.4, 0.5) is 0 Å². The Morgan fingerprint density at radius 3 is 2.35 bits per heavy atom. The first-order valence-electron chi connectivity index (χ1n) is 8.10. The molecule has 1 N–H and O–H groups in total. The van der Waals surface area contributed by atoms with Crippen LogP contribution in [0.2, 0.25) is 0 Å². The summed E-state index contributed by atoms with van der Waals surface area (Å²) in [6.45, 7) is 7.04. The molecule has 26 heavy (non-hydrogen) atoms. The molecule has 3 nitrogen and oxygen atoms in total. The van der Waals surface area contributed by atoms with E-state index in [9.17, 15) is 4.79 Å². The number of hydrogen-bond acceptors (Lipinski definition) is 3. The van der Waals surface area contributed by atoms with Gasteiger partial charge in [-0.3, -0.25) is 9.78 Å². The second kappa shape index (κ2) is 10.0. The van der Waals surface area contributed by atoms with E-state index in [0.29, 0.717) is 0 Å². The molecule has 1 aromatic heterocycles. The standard InChI is InChI=1S/C17H14N.C5H8O2.Ir/c1-12-7-9-14(10-8-12)17-11-13(2)15-5-3-4-6-16(15)18-17;1-4(6)3-5(2)7;/h3-9,11H,1-2H3;3,6H,1-2H3;/q-1;;/b;4-3-;. The van der Waals surface area contributed by atoms with Gasteiger partial charge < -0.3 is 5.11 Å². The average molecular weight is 525 g/mol. The van der Waals surface area contributed by atoms with Gasteiger partial charge in [-0.1, -0.05) is 31.2 Å².